The topological polar surface area (TPSA) is 97.7 Å². The Balaban J connectivity index is 0.00000289. The van der Waals surface area contributed by atoms with Crippen molar-refractivity contribution in [3.05, 3.63) is 36.4 Å². The third kappa shape index (κ3) is 6.53. The van der Waals surface area contributed by atoms with Gasteiger partial charge in [0.05, 0.1) is 0 Å². The summed E-state index contributed by atoms with van der Waals surface area (Å²) >= 11 is 0. The maximum atomic E-state index is 11.2. The molecule has 9 heteroatoms. The van der Waals surface area contributed by atoms with Gasteiger partial charge >= 0.3 is 39.7 Å². The Morgan fingerprint density at radius 1 is 1.17 bits per heavy atom. The SMILES string of the molecule is C=Cc1ccc(OS(=O)(=O)CS(=O)(=O)O)cc1.[NaH]. The second-order valence-electron chi connectivity index (χ2n) is 3.11. The van der Waals surface area contributed by atoms with Crippen molar-refractivity contribution in [1.29, 1.82) is 0 Å². The first-order valence-corrected chi connectivity index (χ1v) is 7.50. The van der Waals surface area contributed by atoms with Crippen LogP contribution in [-0.4, -0.2) is 56.0 Å². The van der Waals surface area contributed by atoms with E-state index in [9.17, 15) is 16.8 Å². The van der Waals surface area contributed by atoms with Crippen LogP contribution in [0, 0.1) is 0 Å². The Hall–Kier alpha value is -0.380. The van der Waals surface area contributed by atoms with Gasteiger partial charge in [0.2, 0.25) is 5.08 Å². The molecule has 0 aliphatic rings. The van der Waals surface area contributed by atoms with Crippen molar-refractivity contribution in [3.8, 4) is 5.75 Å². The Morgan fingerprint density at radius 2 is 1.67 bits per heavy atom. The molecule has 0 fully saturated rings. The normalized spacial score (nSPS) is 11.4. The van der Waals surface area contributed by atoms with E-state index < -0.39 is 25.3 Å². The monoisotopic (exact) mass is 302 g/mol. The van der Waals surface area contributed by atoms with Crippen LogP contribution in [0.4, 0.5) is 0 Å². The van der Waals surface area contributed by atoms with Crippen LogP contribution in [-0.2, 0) is 20.2 Å². The fraction of sp³-hybridized carbons (Fsp3) is 0.111. The molecule has 0 radical (unpaired) electrons. The van der Waals surface area contributed by atoms with Crippen LogP contribution in [0.15, 0.2) is 30.8 Å². The van der Waals surface area contributed by atoms with Gasteiger partial charge in [-0.1, -0.05) is 24.8 Å². The van der Waals surface area contributed by atoms with E-state index in [1.54, 1.807) is 18.2 Å². The van der Waals surface area contributed by atoms with E-state index in [0.717, 1.165) is 5.56 Å². The molecular weight excluding hydrogens is 291 g/mol. The van der Waals surface area contributed by atoms with Crippen LogP contribution in [0.5, 0.6) is 5.75 Å². The Bertz CT molecular complexity index is 603. The van der Waals surface area contributed by atoms with Crippen molar-refractivity contribution < 1.29 is 25.6 Å². The van der Waals surface area contributed by atoms with Crippen LogP contribution in [0.3, 0.4) is 0 Å². The van der Waals surface area contributed by atoms with E-state index >= 15 is 0 Å². The minimum absolute atomic E-state index is 0. The molecule has 0 unspecified atom stereocenters. The molecule has 1 N–H and O–H groups in total. The molecule has 0 bridgehead atoms. The van der Waals surface area contributed by atoms with E-state index in [0.29, 0.717) is 0 Å². The zero-order chi connectivity index (χ0) is 13.1. The van der Waals surface area contributed by atoms with Crippen LogP contribution in [0.1, 0.15) is 5.56 Å². The van der Waals surface area contributed by atoms with Gasteiger partial charge in [-0.15, -0.1) is 0 Å². The summed E-state index contributed by atoms with van der Waals surface area (Å²) < 4.78 is 56.1. The molecule has 96 valence electrons. The second-order valence-corrected chi connectivity index (χ2v) is 6.50. The Labute approximate surface area is 128 Å². The van der Waals surface area contributed by atoms with Crippen LogP contribution < -0.4 is 4.18 Å². The van der Waals surface area contributed by atoms with E-state index in [2.05, 4.69) is 10.8 Å². The van der Waals surface area contributed by atoms with Gasteiger partial charge in [0.1, 0.15) is 5.75 Å². The standard InChI is InChI=1S/C9H10O6S2.Na.H/c1-2-8-3-5-9(6-4-8)15-17(13,14)7-16(10,11)12;;/h2-6H,1,7H2,(H,10,11,12);;. The first kappa shape index (κ1) is 17.6. The molecule has 0 heterocycles. The average Bonchev–Trinajstić information content (AvgIpc) is 2.14. The van der Waals surface area contributed by atoms with Crippen molar-refractivity contribution >= 4 is 55.9 Å². The van der Waals surface area contributed by atoms with Crippen LogP contribution in [0.25, 0.3) is 6.08 Å². The molecule has 1 aromatic carbocycles. The van der Waals surface area contributed by atoms with Crippen LogP contribution >= 0.6 is 0 Å². The van der Waals surface area contributed by atoms with Gasteiger partial charge in [0.15, 0.2) is 0 Å². The van der Waals surface area contributed by atoms with E-state index in [4.69, 9.17) is 4.55 Å². The van der Waals surface area contributed by atoms with Crippen molar-refractivity contribution in [2.45, 2.75) is 0 Å². The predicted octanol–water partition coefficient (Wildman–Crippen LogP) is 0.235. The third-order valence-corrected chi connectivity index (χ3v) is 4.42. The molecule has 0 saturated heterocycles. The summed E-state index contributed by atoms with van der Waals surface area (Å²) in [6, 6.07) is 5.79. The Morgan fingerprint density at radius 3 is 2.06 bits per heavy atom. The number of hydrogen-bond acceptors (Lipinski definition) is 5. The van der Waals surface area contributed by atoms with E-state index in [-0.39, 0.29) is 35.3 Å². The molecular formula is C9H11NaO6S2. The molecule has 0 aliphatic heterocycles. The summed E-state index contributed by atoms with van der Waals surface area (Å²) in [6.07, 6.45) is 1.55. The predicted molar refractivity (Wildman–Crippen MR) is 69.6 cm³/mol. The zero-order valence-electron chi connectivity index (χ0n) is 8.61. The minimum atomic E-state index is -4.64. The van der Waals surface area contributed by atoms with Crippen molar-refractivity contribution in [3.63, 3.8) is 0 Å². The van der Waals surface area contributed by atoms with Gasteiger partial charge in [0.25, 0.3) is 10.1 Å². The van der Waals surface area contributed by atoms with Gasteiger partial charge in [-0.2, -0.15) is 16.8 Å². The molecule has 1 rings (SSSR count). The fourth-order valence-electron chi connectivity index (χ4n) is 1.01. The van der Waals surface area contributed by atoms with E-state index in [1.807, 2.05) is 0 Å². The maximum absolute atomic E-state index is 11.2. The molecule has 0 spiro atoms. The second kappa shape index (κ2) is 6.69. The van der Waals surface area contributed by atoms with Gasteiger partial charge in [-0.25, -0.2) is 0 Å². The molecule has 0 atom stereocenters. The number of rotatable bonds is 5. The van der Waals surface area contributed by atoms with Gasteiger partial charge < -0.3 is 4.18 Å². The number of benzene rings is 1. The quantitative estimate of drug-likeness (QED) is 0.475. The first-order chi connectivity index (χ1) is 7.72. The van der Waals surface area contributed by atoms with Crippen molar-refractivity contribution in [2.75, 3.05) is 5.08 Å². The Kier molecular flexibility index (Phi) is 6.55. The summed E-state index contributed by atoms with van der Waals surface area (Å²) in [5.74, 6) is -0.0424. The summed E-state index contributed by atoms with van der Waals surface area (Å²) in [5, 5.41) is -1.48. The van der Waals surface area contributed by atoms with Gasteiger partial charge in [-0.3, -0.25) is 4.55 Å². The van der Waals surface area contributed by atoms with Gasteiger partial charge in [-0.05, 0) is 17.7 Å². The molecule has 0 aromatic heterocycles. The summed E-state index contributed by atoms with van der Waals surface area (Å²) in [4.78, 5) is 0. The average molecular weight is 302 g/mol. The molecule has 0 saturated carbocycles. The molecule has 1 aromatic rings. The molecule has 0 aliphatic carbocycles. The molecule has 0 amide bonds. The fourth-order valence-corrected chi connectivity index (χ4v) is 3.07. The first-order valence-electron chi connectivity index (χ1n) is 4.32. The summed E-state index contributed by atoms with van der Waals surface area (Å²) in [6.45, 7) is 3.51. The van der Waals surface area contributed by atoms with Crippen molar-refractivity contribution in [1.82, 2.24) is 0 Å². The van der Waals surface area contributed by atoms with Crippen molar-refractivity contribution in [2.24, 2.45) is 0 Å². The zero-order valence-corrected chi connectivity index (χ0v) is 10.2. The van der Waals surface area contributed by atoms with E-state index in [1.165, 1.54) is 12.1 Å². The summed E-state index contributed by atoms with van der Waals surface area (Å²) in [5.41, 5.74) is 0.754. The molecule has 6 nitrogen and oxygen atoms in total. The summed E-state index contributed by atoms with van der Waals surface area (Å²) in [7, 11) is -9.02. The number of hydrogen-bond donors (Lipinski definition) is 1. The van der Waals surface area contributed by atoms with Crippen LogP contribution in [0.2, 0.25) is 0 Å². The third-order valence-electron chi connectivity index (χ3n) is 1.63. The molecule has 18 heavy (non-hydrogen) atoms. The van der Waals surface area contributed by atoms with Gasteiger partial charge in [0, 0.05) is 0 Å².